The molecule has 0 saturated carbocycles. The van der Waals surface area contributed by atoms with Crippen LogP contribution in [0.15, 0.2) is 47.1 Å². The van der Waals surface area contributed by atoms with Crippen LogP contribution in [0, 0.1) is 0 Å². The third-order valence-electron chi connectivity index (χ3n) is 3.02. The van der Waals surface area contributed by atoms with Gasteiger partial charge in [0.1, 0.15) is 5.69 Å². The number of pyridine rings is 2. The van der Waals surface area contributed by atoms with Gasteiger partial charge in [0.05, 0.1) is 21.6 Å². The molecular formula is C15H11Br3N4. The van der Waals surface area contributed by atoms with Crippen molar-refractivity contribution in [3.8, 4) is 17.2 Å². The highest BCUT2D eigenvalue weighted by Crippen LogP contribution is 2.26. The minimum atomic E-state index is 0.713. The average molecular weight is 487 g/mol. The minimum Gasteiger partial charge on any atom is -0.250 e. The van der Waals surface area contributed by atoms with E-state index in [9.17, 15) is 0 Å². The molecule has 0 fully saturated rings. The molecule has 0 bridgehead atoms. The molecule has 3 aromatic rings. The van der Waals surface area contributed by atoms with Gasteiger partial charge in [-0.1, -0.05) is 44.0 Å². The van der Waals surface area contributed by atoms with Crippen molar-refractivity contribution >= 4 is 47.8 Å². The second kappa shape index (κ2) is 7.02. The lowest BCUT2D eigenvalue weighted by Crippen LogP contribution is -2.00. The van der Waals surface area contributed by atoms with Crippen LogP contribution < -0.4 is 0 Å². The summed E-state index contributed by atoms with van der Waals surface area (Å²) in [5.74, 6) is 0.778. The summed E-state index contributed by atoms with van der Waals surface area (Å²) in [4.78, 5) is 9.13. The molecule has 0 saturated heterocycles. The van der Waals surface area contributed by atoms with Crippen LogP contribution in [0.5, 0.6) is 0 Å². The van der Waals surface area contributed by atoms with Gasteiger partial charge in [0.15, 0.2) is 5.82 Å². The van der Waals surface area contributed by atoms with E-state index in [1.807, 2.05) is 42.6 Å². The molecule has 22 heavy (non-hydrogen) atoms. The lowest BCUT2D eigenvalue weighted by atomic mass is 10.2. The van der Waals surface area contributed by atoms with Gasteiger partial charge in [-0.05, 0) is 40.2 Å². The molecule has 0 aliphatic carbocycles. The Labute approximate surface area is 153 Å². The molecule has 7 heteroatoms. The molecule has 3 rings (SSSR count). The predicted octanol–water partition coefficient (Wildman–Crippen LogP) is 4.88. The van der Waals surface area contributed by atoms with Crippen LogP contribution in [0.1, 0.15) is 11.4 Å². The zero-order valence-corrected chi connectivity index (χ0v) is 16.1. The van der Waals surface area contributed by atoms with Gasteiger partial charge in [0.2, 0.25) is 0 Å². The van der Waals surface area contributed by atoms with Crippen LogP contribution >= 0.6 is 47.8 Å². The van der Waals surface area contributed by atoms with Crippen molar-refractivity contribution in [1.29, 1.82) is 0 Å². The average Bonchev–Trinajstić information content (AvgIpc) is 2.97. The van der Waals surface area contributed by atoms with Gasteiger partial charge in [0, 0.05) is 16.9 Å². The molecule has 0 aromatic carbocycles. The van der Waals surface area contributed by atoms with Crippen LogP contribution in [-0.2, 0) is 10.7 Å². The molecule has 0 N–H and O–H groups in total. The van der Waals surface area contributed by atoms with Gasteiger partial charge in [-0.15, -0.1) is 0 Å². The van der Waals surface area contributed by atoms with E-state index in [1.165, 1.54) is 0 Å². The second-order valence-electron chi connectivity index (χ2n) is 4.54. The van der Waals surface area contributed by atoms with Gasteiger partial charge < -0.3 is 0 Å². The molecule has 4 nitrogen and oxygen atoms in total. The van der Waals surface area contributed by atoms with Gasteiger partial charge in [-0.3, -0.25) is 4.98 Å². The van der Waals surface area contributed by atoms with E-state index in [-0.39, 0.29) is 0 Å². The highest BCUT2D eigenvalue weighted by atomic mass is 79.9. The van der Waals surface area contributed by atoms with Crippen LogP contribution in [-0.4, -0.2) is 19.7 Å². The number of halogens is 3. The summed E-state index contributed by atoms with van der Waals surface area (Å²) in [6.45, 7) is 0. The molecular weight excluding hydrogens is 476 g/mol. The number of aromatic nitrogens is 4. The molecule has 112 valence electrons. The fraction of sp³-hybridized carbons (Fsp3) is 0.133. The first-order valence-electron chi connectivity index (χ1n) is 6.51. The maximum atomic E-state index is 4.62. The number of hydrogen-bond acceptors (Lipinski definition) is 3. The first-order chi connectivity index (χ1) is 10.7. The van der Waals surface area contributed by atoms with Crippen molar-refractivity contribution in [3.05, 3.63) is 58.5 Å². The van der Waals surface area contributed by atoms with Crippen molar-refractivity contribution < 1.29 is 0 Å². The summed E-state index contributed by atoms with van der Waals surface area (Å²) in [6.07, 6.45) is 1.90. The van der Waals surface area contributed by atoms with E-state index in [0.29, 0.717) is 10.7 Å². The third-order valence-corrected chi connectivity index (χ3v) is 4.75. The summed E-state index contributed by atoms with van der Waals surface area (Å²) >= 11 is 10.4. The summed E-state index contributed by atoms with van der Waals surface area (Å²) in [5.41, 5.74) is 3.57. The lowest BCUT2D eigenvalue weighted by Gasteiger charge is -2.02. The van der Waals surface area contributed by atoms with E-state index < -0.39 is 0 Å². The van der Waals surface area contributed by atoms with Crippen molar-refractivity contribution in [2.75, 3.05) is 0 Å². The highest BCUT2D eigenvalue weighted by molar-refractivity contribution is 9.10. The third kappa shape index (κ3) is 3.31. The molecule has 0 amide bonds. The standard InChI is InChI=1S/C15H11Br3N4/c16-7-10-3-1-5-13(19-10)15-12(18)9-22(21-15)14-6-2-4-11(8-17)20-14/h1-6,9H,7-8H2. The Balaban J connectivity index is 2.03. The molecule has 0 aliphatic heterocycles. The van der Waals surface area contributed by atoms with E-state index in [1.54, 1.807) is 4.68 Å². The van der Waals surface area contributed by atoms with Crippen LogP contribution in [0.3, 0.4) is 0 Å². The smallest absolute Gasteiger partial charge is 0.153 e. The van der Waals surface area contributed by atoms with Crippen LogP contribution in [0.4, 0.5) is 0 Å². The lowest BCUT2D eigenvalue weighted by molar-refractivity contribution is 0.841. The van der Waals surface area contributed by atoms with Gasteiger partial charge in [-0.2, -0.15) is 5.10 Å². The Morgan fingerprint density at radius 2 is 1.59 bits per heavy atom. The van der Waals surface area contributed by atoms with Gasteiger partial charge in [-0.25, -0.2) is 9.67 Å². The first-order valence-corrected chi connectivity index (χ1v) is 9.54. The quantitative estimate of drug-likeness (QED) is 0.494. The van der Waals surface area contributed by atoms with Crippen molar-refractivity contribution in [3.63, 3.8) is 0 Å². The van der Waals surface area contributed by atoms with Crippen molar-refractivity contribution in [2.45, 2.75) is 10.7 Å². The SMILES string of the molecule is BrCc1cccc(-c2nn(-c3cccc(CBr)n3)cc2Br)n1. The molecule has 3 aromatic heterocycles. The normalized spacial score (nSPS) is 10.9. The first kappa shape index (κ1) is 15.8. The van der Waals surface area contributed by atoms with Crippen LogP contribution in [0.25, 0.3) is 17.2 Å². The van der Waals surface area contributed by atoms with Gasteiger partial charge >= 0.3 is 0 Å². The molecule has 0 spiro atoms. The summed E-state index contributed by atoms with van der Waals surface area (Å²) in [6, 6.07) is 11.8. The summed E-state index contributed by atoms with van der Waals surface area (Å²) in [7, 11) is 0. The fourth-order valence-corrected chi connectivity index (χ4v) is 3.10. The highest BCUT2D eigenvalue weighted by Gasteiger charge is 2.12. The Morgan fingerprint density at radius 3 is 2.32 bits per heavy atom. The summed E-state index contributed by atoms with van der Waals surface area (Å²) in [5, 5.41) is 6.04. The monoisotopic (exact) mass is 484 g/mol. The number of rotatable bonds is 4. The van der Waals surface area contributed by atoms with E-state index in [0.717, 1.165) is 33.1 Å². The zero-order valence-electron chi connectivity index (χ0n) is 11.4. The number of alkyl halides is 2. The van der Waals surface area contributed by atoms with E-state index in [4.69, 9.17) is 0 Å². The minimum absolute atomic E-state index is 0.713. The van der Waals surface area contributed by atoms with Gasteiger partial charge in [0.25, 0.3) is 0 Å². The van der Waals surface area contributed by atoms with E-state index >= 15 is 0 Å². The maximum absolute atomic E-state index is 4.62. The van der Waals surface area contributed by atoms with E-state index in [2.05, 4.69) is 62.9 Å². The number of nitrogens with zero attached hydrogens (tertiary/aromatic N) is 4. The Hall–Kier alpha value is -1.05. The maximum Gasteiger partial charge on any atom is 0.153 e. The number of hydrogen-bond donors (Lipinski definition) is 0. The summed E-state index contributed by atoms with van der Waals surface area (Å²) < 4.78 is 2.64. The molecule has 0 unspecified atom stereocenters. The molecule has 0 radical (unpaired) electrons. The molecule has 0 aliphatic rings. The molecule has 0 atom stereocenters. The predicted molar refractivity (Wildman–Crippen MR) is 97.6 cm³/mol. The Bertz CT molecular complexity index is 801. The Morgan fingerprint density at radius 1 is 0.909 bits per heavy atom. The largest absolute Gasteiger partial charge is 0.250 e. The molecule has 3 heterocycles. The fourth-order valence-electron chi connectivity index (χ4n) is 2.00. The van der Waals surface area contributed by atoms with Crippen LogP contribution in [0.2, 0.25) is 0 Å². The van der Waals surface area contributed by atoms with Crippen molar-refractivity contribution in [1.82, 2.24) is 19.7 Å². The topological polar surface area (TPSA) is 43.6 Å². The Kier molecular flexibility index (Phi) is 5.05. The van der Waals surface area contributed by atoms with Crippen molar-refractivity contribution in [2.24, 2.45) is 0 Å². The zero-order chi connectivity index (χ0) is 15.5. The second-order valence-corrected chi connectivity index (χ2v) is 6.51.